The van der Waals surface area contributed by atoms with E-state index in [2.05, 4.69) is 21.3 Å². The first-order valence-electron chi connectivity index (χ1n) is 16.8. The van der Waals surface area contributed by atoms with Gasteiger partial charge < -0.3 is 45.0 Å². The number of aryl methyl sites for hydroxylation is 1. The molecule has 12 heteroatoms. The number of hydrogen-bond donors (Lipinski definition) is 4. The second-order valence-corrected chi connectivity index (χ2v) is 12.5. The van der Waals surface area contributed by atoms with E-state index >= 15 is 0 Å². The number of carbonyl (C=O) groups is 3. The highest BCUT2D eigenvalue weighted by Crippen LogP contribution is 2.32. The number of benzene rings is 3. The van der Waals surface area contributed by atoms with Crippen LogP contribution in [-0.2, 0) is 34.9 Å². The molecule has 6 atom stereocenters. The molecule has 0 unspecified atom stereocenters. The van der Waals surface area contributed by atoms with Crippen molar-refractivity contribution in [2.45, 2.75) is 55.7 Å². The summed E-state index contributed by atoms with van der Waals surface area (Å²) in [6.45, 7) is 2.27. The van der Waals surface area contributed by atoms with E-state index in [1.807, 2.05) is 84.9 Å². The zero-order valence-electron chi connectivity index (χ0n) is 27.5. The van der Waals surface area contributed by atoms with Gasteiger partial charge in [0.2, 0.25) is 5.91 Å². The molecule has 3 amide bonds. The van der Waals surface area contributed by atoms with E-state index < -0.39 is 24.1 Å². The SMILES string of the molecule is COC(=O)N[C@H](C(=O)Nc1ccccc1CC[C@@H]1CN[C@H](COC(=O)N[C@H]2CO[C@H]3OCC[C@H]32)CO1)C(c1ccccc1)c1ccccc1. The molecule has 0 aliphatic carbocycles. The lowest BCUT2D eigenvalue weighted by Crippen LogP contribution is -2.50. The molecule has 0 radical (unpaired) electrons. The summed E-state index contributed by atoms with van der Waals surface area (Å²) < 4.78 is 27.6. The molecular formula is C37H44N4O8. The zero-order valence-corrected chi connectivity index (χ0v) is 27.5. The van der Waals surface area contributed by atoms with Crippen molar-refractivity contribution >= 4 is 23.8 Å². The Kier molecular flexibility index (Phi) is 11.8. The summed E-state index contributed by atoms with van der Waals surface area (Å²) in [5.41, 5.74) is 3.37. The number of hydrogen-bond acceptors (Lipinski definition) is 9. The Balaban J connectivity index is 1.03. The Morgan fingerprint density at radius 1 is 0.878 bits per heavy atom. The van der Waals surface area contributed by atoms with Crippen LogP contribution in [-0.4, -0.2) is 88.7 Å². The first kappa shape index (κ1) is 34.4. The number of amides is 3. The second-order valence-electron chi connectivity index (χ2n) is 12.5. The van der Waals surface area contributed by atoms with Gasteiger partial charge in [-0.2, -0.15) is 0 Å². The first-order chi connectivity index (χ1) is 24.0. The van der Waals surface area contributed by atoms with Crippen LogP contribution in [0.25, 0.3) is 0 Å². The van der Waals surface area contributed by atoms with Gasteiger partial charge in [-0.1, -0.05) is 78.9 Å². The standard InChI is InChI=1S/C37H44N4O8/c1-45-36(43)41-33(32(25-11-4-2-5-12-25)26-13-6-3-7-14-26)34(42)39-30-15-9-8-10-24(30)16-17-28-20-38-27(21-47-28)22-49-37(44)40-31-23-48-35-29(31)18-19-46-35/h2-15,27-29,31-33,35,38H,16-23H2,1H3,(H,39,42)(H,40,44)(H,41,43)/t27-,28+,29-,31-,33-,35+/m0/s1. The summed E-state index contributed by atoms with van der Waals surface area (Å²) in [7, 11) is 1.28. The summed E-state index contributed by atoms with van der Waals surface area (Å²) in [4.78, 5) is 39.0. The molecule has 6 rings (SSSR count). The van der Waals surface area contributed by atoms with E-state index in [0.717, 1.165) is 23.1 Å². The molecular weight excluding hydrogens is 628 g/mol. The van der Waals surface area contributed by atoms with E-state index in [0.29, 0.717) is 44.9 Å². The lowest BCUT2D eigenvalue weighted by Gasteiger charge is -2.30. The van der Waals surface area contributed by atoms with E-state index in [1.165, 1.54) is 7.11 Å². The maximum atomic E-state index is 14.0. The zero-order chi connectivity index (χ0) is 34.0. The fourth-order valence-electron chi connectivity index (χ4n) is 6.71. The number of methoxy groups -OCH3 is 1. The van der Waals surface area contributed by atoms with Crippen LogP contribution in [0.15, 0.2) is 84.9 Å². The quantitative estimate of drug-likeness (QED) is 0.225. The van der Waals surface area contributed by atoms with Crippen LogP contribution in [0.3, 0.4) is 0 Å². The van der Waals surface area contributed by atoms with Gasteiger partial charge in [0.05, 0.1) is 45.1 Å². The summed E-state index contributed by atoms with van der Waals surface area (Å²) in [6, 6.07) is 25.7. The Hall–Kier alpha value is -4.49. The van der Waals surface area contributed by atoms with E-state index in [-0.39, 0.29) is 42.9 Å². The third-order valence-electron chi connectivity index (χ3n) is 9.33. The molecule has 3 aromatic rings. The minimum absolute atomic E-state index is 0.0574. The number of alkyl carbamates (subject to hydrolysis) is 2. The van der Waals surface area contributed by atoms with Crippen molar-refractivity contribution in [2.75, 3.05) is 45.4 Å². The third-order valence-corrected chi connectivity index (χ3v) is 9.33. The Labute approximate surface area is 286 Å². The van der Waals surface area contributed by atoms with Crippen molar-refractivity contribution in [2.24, 2.45) is 5.92 Å². The highest BCUT2D eigenvalue weighted by Gasteiger charge is 2.42. The largest absolute Gasteiger partial charge is 0.453 e. The van der Waals surface area contributed by atoms with Gasteiger partial charge in [0.1, 0.15) is 12.6 Å². The van der Waals surface area contributed by atoms with Gasteiger partial charge in [0.25, 0.3) is 0 Å². The molecule has 0 aromatic heterocycles. The molecule has 0 spiro atoms. The molecule has 3 fully saturated rings. The number of para-hydroxylation sites is 1. The van der Waals surface area contributed by atoms with Crippen LogP contribution in [0.1, 0.15) is 35.4 Å². The lowest BCUT2D eigenvalue weighted by atomic mass is 9.84. The van der Waals surface area contributed by atoms with Crippen LogP contribution < -0.4 is 21.3 Å². The third kappa shape index (κ3) is 8.95. The number of carbonyl (C=O) groups excluding carboxylic acids is 3. The molecule has 260 valence electrons. The summed E-state index contributed by atoms with van der Waals surface area (Å²) in [5, 5.41) is 12.2. The summed E-state index contributed by atoms with van der Waals surface area (Å²) in [5.74, 6) is -0.666. The molecule has 3 aliphatic rings. The molecule has 49 heavy (non-hydrogen) atoms. The fraction of sp³-hybridized carbons (Fsp3) is 0.432. The Bertz CT molecular complexity index is 1500. The van der Waals surface area contributed by atoms with Gasteiger partial charge in [-0.25, -0.2) is 9.59 Å². The van der Waals surface area contributed by atoms with Gasteiger partial charge in [-0.3, -0.25) is 4.79 Å². The Morgan fingerprint density at radius 3 is 2.29 bits per heavy atom. The maximum absolute atomic E-state index is 14.0. The minimum atomic E-state index is -0.961. The van der Waals surface area contributed by atoms with Gasteiger partial charge in [-0.05, 0) is 42.0 Å². The van der Waals surface area contributed by atoms with Crippen molar-refractivity contribution in [3.8, 4) is 0 Å². The average Bonchev–Trinajstić information content (AvgIpc) is 3.76. The maximum Gasteiger partial charge on any atom is 0.407 e. The molecule has 12 nitrogen and oxygen atoms in total. The van der Waals surface area contributed by atoms with Gasteiger partial charge in [0, 0.05) is 24.1 Å². The number of anilines is 1. The van der Waals surface area contributed by atoms with Crippen molar-refractivity contribution in [3.05, 3.63) is 102 Å². The molecule has 3 aliphatic heterocycles. The Morgan fingerprint density at radius 2 is 1.59 bits per heavy atom. The molecule has 3 heterocycles. The molecule has 3 saturated heterocycles. The number of ether oxygens (including phenoxy) is 5. The highest BCUT2D eigenvalue weighted by atomic mass is 16.7. The monoisotopic (exact) mass is 672 g/mol. The number of morpholine rings is 1. The molecule has 0 saturated carbocycles. The second kappa shape index (κ2) is 16.8. The molecule has 3 aromatic carbocycles. The number of nitrogens with one attached hydrogen (secondary N) is 4. The summed E-state index contributed by atoms with van der Waals surface area (Å²) >= 11 is 0. The van der Waals surface area contributed by atoms with Gasteiger partial charge in [0.15, 0.2) is 6.29 Å². The van der Waals surface area contributed by atoms with Gasteiger partial charge in [-0.15, -0.1) is 0 Å². The van der Waals surface area contributed by atoms with Crippen molar-refractivity contribution in [1.82, 2.24) is 16.0 Å². The summed E-state index contributed by atoms with van der Waals surface area (Å²) in [6.07, 6.45) is 0.772. The van der Waals surface area contributed by atoms with E-state index in [1.54, 1.807) is 0 Å². The lowest BCUT2D eigenvalue weighted by molar-refractivity contribution is -0.118. The normalized spacial score (nSPS) is 23.7. The van der Waals surface area contributed by atoms with E-state index in [9.17, 15) is 14.4 Å². The first-order valence-corrected chi connectivity index (χ1v) is 16.8. The number of fused-ring (bicyclic) bond motifs is 1. The predicted molar refractivity (Wildman–Crippen MR) is 181 cm³/mol. The predicted octanol–water partition coefficient (Wildman–Crippen LogP) is 3.96. The van der Waals surface area contributed by atoms with Crippen molar-refractivity contribution < 1.29 is 38.1 Å². The highest BCUT2D eigenvalue weighted by molar-refractivity contribution is 5.98. The number of rotatable bonds is 12. The van der Waals surface area contributed by atoms with Gasteiger partial charge >= 0.3 is 12.2 Å². The van der Waals surface area contributed by atoms with Crippen LogP contribution in [0.2, 0.25) is 0 Å². The van der Waals surface area contributed by atoms with Crippen LogP contribution in [0, 0.1) is 5.92 Å². The van der Waals surface area contributed by atoms with Crippen LogP contribution >= 0.6 is 0 Å². The van der Waals surface area contributed by atoms with Crippen molar-refractivity contribution in [3.63, 3.8) is 0 Å². The van der Waals surface area contributed by atoms with Crippen LogP contribution in [0.4, 0.5) is 15.3 Å². The fourth-order valence-corrected chi connectivity index (χ4v) is 6.71. The molecule has 0 bridgehead atoms. The topological polar surface area (TPSA) is 145 Å². The smallest absolute Gasteiger partial charge is 0.407 e. The van der Waals surface area contributed by atoms with Crippen molar-refractivity contribution in [1.29, 1.82) is 0 Å². The average molecular weight is 673 g/mol. The molecule has 4 N–H and O–H groups in total. The van der Waals surface area contributed by atoms with E-state index in [4.69, 9.17) is 23.7 Å². The minimum Gasteiger partial charge on any atom is -0.453 e. The van der Waals surface area contributed by atoms with Crippen LogP contribution in [0.5, 0.6) is 0 Å².